The Kier molecular flexibility index (Phi) is 5.74. The Morgan fingerprint density at radius 1 is 1.00 bits per heavy atom. The molecule has 1 aliphatic rings. The minimum atomic E-state index is -0.547. The molecule has 2 aromatic carbocycles. The summed E-state index contributed by atoms with van der Waals surface area (Å²) in [5.74, 6) is -0.475. The number of benzene rings is 2. The molecule has 6 heteroatoms. The van der Waals surface area contributed by atoms with Gasteiger partial charge in [0.25, 0.3) is 5.91 Å². The van der Waals surface area contributed by atoms with Gasteiger partial charge in [-0.25, -0.2) is 0 Å². The number of hydrogen-bond acceptors (Lipinski definition) is 4. The van der Waals surface area contributed by atoms with Crippen LogP contribution < -0.4 is 5.73 Å². The second-order valence-corrected chi connectivity index (χ2v) is 8.54. The second-order valence-electron chi connectivity index (χ2n) is 8.54. The van der Waals surface area contributed by atoms with Gasteiger partial charge in [-0.05, 0) is 73.3 Å². The van der Waals surface area contributed by atoms with E-state index >= 15 is 0 Å². The smallest absolute Gasteiger partial charge is 0.265 e. The Morgan fingerprint density at radius 3 is 2.29 bits per heavy atom. The number of carbonyl (C=O) groups is 1. The summed E-state index contributed by atoms with van der Waals surface area (Å²) in [7, 11) is 0. The van der Waals surface area contributed by atoms with Gasteiger partial charge < -0.3 is 20.5 Å². The van der Waals surface area contributed by atoms with Gasteiger partial charge >= 0.3 is 0 Å². The highest BCUT2D eigenvalue weighted by Crippen LogP contribution is 2.39. The van der Waals surface area contributed by atoms with Crippen molar-refractivity contribution in [1.29, 1.82) is 0 Å². The normalized spacial score (nSPS) is 14.4. The van der Waals surface area contributed by atoms with E-state index in [1.54, 1.807) is 22.8 Å². The zero-order valence-electron chi connectivity index (χ0n) is 18.0. The van der Waals surface area contributed by atoms with Gasteiger partial charge in [-0.15, -0.1) is 0 Å². The first-order valence-electron chi connectivity index (χ1n) is 10.7. The molecule has 0 spiro atoms. The number of phenols is 2. The lowest BCUT2D eigenvalue weighted by Gasteiger charge is -2.18. The lowest BCUT2D eigenvalue weighted by atomic mass is 9.97. The molecule has 1 aromatic heterocycles. The average Bonchev–Trinajstić information content (AvgIpc) is 3.38. The molecule has 1 aliphatic heterocycles. The van der Waals surface area contributed by atoms with Gasteiger partial charge in [0, 0.05) is 23.9 Å². The van der Waals surface area contributed by atoms with E-state index in [4.69, 9.17) is 5.73 Å². The maximum Gasteiger partial charge on any atom is 0.265 e. The molecule has 1 fully saturated rings. The molecule has 0 bridgehead atoms. The first-order valence-corrected chi connectivity index (χ1v) is 10.7. The third-order valence-electron chi connectivity index (χ3n) is 5.98. The summed E-state index contributed by atoms with van der Waals surface area (Å²) in [4.78, 5) is 14.6. The first-order chi connectivity index (χ1) is 14.8. The molecule has 162 valence electrons. The molecule has 0 aliphatic carbocycles. The number of rotatable bonds is 6. The van der Waals surface area contributed by atoms with Crippen molar-refractivity contribution in [2.75, 3.05) is 13.1 Å². The number of nitrogens with zero attached hydrogens (tertiary/aromatic N) is 2. The predicted octanol–water partition coefficient (Wildman–Crippen LogP) is 4.37. The molecule has 0 atom stereocenters. The minimum Gasteiger partial charge on any atom is -0.508 e. The Balaban J connectivity index is 1.77. The van der Waals surface area contributed by atoms with Crippen molar-refractivity contribution in [3.8, 4) is 28.4 Å². The van der Waals surface area contributed by atoms with Crippen molar-refractivity contribution < 1.29 is 15.0 Å². The molecular formula is C25H29N3O3. The third kappa shape index (κ3) is 4.16. The molecular weight excluding hydrogens is 390 g/mol. The highest BCUT2D eigenvalue weighted by Gasteiger charge is 2.20. The summed E-state index contributed by atoms with van der Waals surface area (Å²) >= 11 is 0. The summed E-state index contributed by atoms with van der Waals surface area (Å²) in [6, 6.07) is 14.6. The number of nitrogens with two attached hydrogens (primary N) is 1. The van der Waals surface area contributed by atoms with E-state index in [0.29, 0.717) is 17.0 Å². The van der Waals surface area contributed by atoms with Crippen LogP contribution in [0, 0.1) is 0 Å². The fourth-order valence-corrected chi connectivity index (χ4v) is 4.33. The maximum atomic E-state index is 12.1. The van der Waals surface area contributed by atoms with Crippen LogP contribution in [-0.2, 0) is 6.54 Å². The van der Waals surface area contributed by atoms with Crippen molar-refractivity contribution in [1.82, 2.24) is 9.47 Å². The first kappa shape index (κ1) is 21.0. The van der Waals surface area contributed by atoms with E-state index in [1.807, 2.05) is 26.0 Å². The zero-order valence-corrected chi connectivity index (χ0v) is 18.0. The zero-order chi connectivity index (χ0) is 22.1. The Hall–Kier alpha value is -3.25. The highest BCUT2D eigenvalue weighted by molar-refractivity contribution is 5.93. The second kappa shape index (κ2) is 8.47. The van der Waals surface area contributed by atoms with Gasteiger partial charge in [0.1, 0.15) is 17.2 Å². The molecule has 1 saturated heterocycles. The van der Waals surface area contributed by atoms with Crippen molar-refractivity contribution in [3.05, 3.63) is 65.4 Å². The van der Waals surface area contributed by atoms with Crippen LogP contribution in [0.1, 0.15) is 54.2 Å². The summed E-state index contributed by atoms with van der Waals surface area (Å²) in [5, 5.41) is 20.8. The number of carbonyl (C=O) groups excluding carboxylic acids is 1. The number of amides is 1. The van der Waals surface area contributed by atoms with Gasteiger partial charge in [-0.3, -0.25) is 9.69 Å². The maximum absolute atomic E-state index is 12.1. The predicted molar refractivity (Wildman–Crippen MR) is 122 cm³/mol. The van der Waals surface area contributed by atoms with Gasteiger partial charge in [0.05, 0.1) is 5.69 Å². The molecule has 4 rings (SSSR count). The SMILES string of the molecule is CC(C)c1cc(-c2ccc(C(N)=O)n2-c2ccc(CN3CCCC3)cc2)c(O)cc1O. The lowest BCUT2D eigenvalue weighted by Crippen LogP contribution is -2.18. The Bertz CT molecular complexity index is 1090. The fourth-order valence-electron chi connectivity index (χ4n) is 4.33. The van der Waals surface area contributed by atoms with E-state index in [1.165, 1.54) is 24.5 Å². The minimum absolute atomic E-state index is 0.0516. The Morgan fingerprint density at radius 2 is 1.68 bits per heavy atom. The van der Waals surface area contributed by atoms with Crippen molar-refractivity contribution >= 4 is 5.91 Å². The van der Waals surface area contributed by atoms with Crippen LogP contribution in [-0.4, -0.2) is 38.7 Å². The topological polar surface area (TPSA) is 91.7 Å². The molecule has 3 aromatic rings. The van der Waals surface area contributed by atoms with Crippen molar-refractivity contribution in [3.63, 3.8) is 0 Å². The monoisotopic (exact) mass is 419 g/mol. The van der Waals surface area contributed by atoms with Crippen LogP contribution in [0.25, 0.3) is 16.9 Å². The molecule has 0 saturated carbocycles. The molecule has 2 heterocycles. The average molecular weight is 420 g/mol. The summed E-state index contributed by atoms with van der Waals surface area (Å²) < 4.78 is 1.76. The Labute approximate surface area is 182 Å². The van der Waals surface area contributed by atoms with Crippen LogP contribution in [0.4, 0.5) is 0 Å². The van der Waals surface area contributed by atoms with Gasteiger partial charge in [-0.1, -0.05) is 26.0 Å². The number of primary amides is 1. The van der Waals surface area contributed by atoms with Crippen molar-refractivity contribution in [2.45, 2.75) is 39.2 Å². The van der Waals surface area contributed by atoms with Gasteiger partial charge in [-0.2, -0.15) is 0 Å². The summed E-state index contributed by atoms with van der Waals surface area (Å²) in [5.41, 5.74) is 9.89. The van der Waals surface area contributed by atoms with Crippen LogP contribution in [0.15, 0.2) is 48.5 Å². The van der Waals surface area contributed by atoms with Crippen LogP contribution in [0.5, 0.6) is 11.5 Å². The molecule has 0 unspecified atom stereocenters. The lowest BCUT2D eigenvalue weighted by molar-refractivity contribution is 0.0994. The fraction of sp³-hybridized carbons (Fsp3) is 0.320. The van der Waals surface area contributed by atoms with Gasteiger partial charge in [0.15, 0.2) is 0 Å². The third-order valence-corrected chi connectivity index (χ3v) is 5.98. The van der Waals surface area contributed by atoms with E-state index < -0.39 is 5.91 Å². The molecule has 31 heavy (non-hydrogen) atoms. The summed E-state index contributed by atoms with van der Waals surface area (Å²) in [6.45, 7) is 7.13. The van der Waals surface area contributed by atoms with E-state index in [-0.39, 0.29) is 17.4 Å². The molecule has 0 radical (unpaired) electrons. The molecule has 6 nitrogen and oxygen atoms in total. The van der Waals surface area contributed by atoms with Gasteiger partial charge in [0.2, 0.25) is 0 Å². The van der Waals surface area contributed by atoms with Crippen LogP contribution >= 0.6 is 0 Å². The number of aromatic hydroxyl groups is 2. The number of phenolic OH excluding ortho intramolecular Hbond substituents is 2. The number of likely N-dealkylation sites (tertiary alicyclic amines) is 1. The number of aromatic nitrogens is 1. The standard InChI is InChI=1S/C25H29N3O3/c1-16(2)19-13-20(24(30)14-23(19)29)21-9-10-22(25(26)31)28(21)18-7-5-17(6-8-18)15-27-11-3-4-12-27/h5-10,13-14,16,29-30H,3-4,11-12,15H2,1-2H3,(H2,26,31). The van der Waals surface area contributed by atoms with Crippen molar-refractivity contribution in [2.24, 2.45) is 5.73 Å². The van der Waals surface area contributed by atoms with Crippen LogP contribution in [0.3, 0.4) is 0 Å². The summed E-state index contributed by atoms with van der Waals surface area (Å²) in [6.07, 6.45) is 2.50. The van der Waals surface area contributed by atoms with E-state index in [9.17, 15) is 15.0 Å². The highest BCUT2D eigenvalue weighted by atomic mass is 16.3. The van der Waals surface area contributed by atoms with E-state index in [0.717, 1.165) is 30.9 Å². The van der Waals surface area contributed by atoms with E-state index in [2.05, 4.69) is 17.0 Å². The number of hydrogen-bond donors (Lipinski definition) is 3. The quantitative estimate of drug-likeness (QED) is 0.553. The molecule has 1 amide bonds. The molecule has 4 N–H and O–H groups in total. The largest absolute Gasteiger partial charge is 0.508 e. The van der Waals surface area contributed by atoms with Crippen LogP contribution in [0.2, 0.25) is 0 Å².